The lowest BCUT2D eigenvalue weighted by atomic mass is 9.99. The van der Waals surface area contributed by atoms with Crippen LogP contribution in [0.5, 0.6) is 0 Å². The molecule has 2 rings (SSSR count). The molecule has 98 valence electrons. The molecular formula is C12H19N5O. The van der Waals surface area contributed by atoms with E-state index in [0.717, 1.165) is 31.6 Å². The molecule has 1 unspecified atom stereocenters. The largest absolute Gasteiger partial charge is 0.364 e. The molecule has 1 aromatic rings. The number of nitrogens with zero attached hydrogens (tertiary/aromatic N) is 3. The molecule has 0 aliphatic carbocycles. The first-order chi connectivity index (χ1) is 8.72. The van der Waals surface area contributed by atoms with Gasteiger partial charge in [0.05, 0.1) is 0 Å². The Morgan fingerprint density at radius 2 is 2.22 bits per heavy atom. The predicted octanol–water partition coefficient (Wildman–Crippen LogP) is 0.283. The number of hydrogen-bond donors (Lipinski definition) is 2. The quantitative estimate of drug-likeness (QED) is 0.798. The van der Waals surface area contributed by atoms with E-state index >= 15 is 0 Å². The van der Waals surface area contributed by atoms with Gasteiger partial charge in [-0.1, -0.05) is 0 Å². The summed E-state index contributed by atoms with van der Waals surface area (Å²) in [5.74, 6) is 0.254. The standard InChI is InChI=1S/C12H19N5O/c13-7-6-9-3-1-2-8-17(9)11-5-4-10(12(14)18)15-16-11/h4-5,9H,1-3,6-8,13H2,(H2,14,18). The highest BCUT2D eigenvalue weighted by Crippen LogP contribution is 2.24. The summed E-state index contributed by atoms with van der Waals surface area (Å²) in [5.41, 5.74) is 11.0. The Morgan fingerprint density at radius 3 is 2.83 bits per heavy atom. The van der Waals surface area contributed by atoms with Crippen molar-refractivity contribution in [3.8, 4) is 0 Å². The molecule has 0 saturated carbocycles. The summed E-state index contributed by atoms with van der Waals surface area (Å²) in [6.07, 6.45) is 4.48. The van der Waals surface area contributed by atoms with Crippen LogP contribution in [0, 0.1) is 0 Å². The van der Waals surface area contributed by atoms with Crippen LogP contribution in [0.1, 0.15) is 36.2 Å². The van der Waals surface area contributed by atoms with Crippen molar-refractivity contribution in [2.24, 2.45) is 11.5 Å². The van der Waals surface area contributed by atoms with Crippen molar-refractivity contribution >= 4 is 11.7 Å². The van der Waals surface area contributed by atoms with E-state index in [9.17, 15) is 4.79 Å². The number of aromatic nitrogens is 2. The highest BCUT2D eigenvalue weighted by atomic mass is 16.1. The lowest BCUT2D eigenvalue weighted by Gasteiger charge is -2.36. The van der Waals surface area contributed by atoms with Crippen LogP contribution in [0.2, 0.25) is 0 Å². The molecule has 0 radical (unpaired) electrons. The summed E-state index contributed by atoms with van der Waals surface area (Å²) in [6, 6.07) is 3.86. The zero-order valence-electron chi connectivity index (χ0n) is 10.4. The average Bonchev–Trinajstić information content (AvgIpc) is 2.40. The van der Waals surface area contributed by atoms with Crippen molar-refractivity contribution < 1.29 is 4.79 Å². The second-order valence-electron chi connectivity index (χ2n) is 4.56. The van der Waals surface area contributed by atoms with E-state index < -0.39 is 5.91 Å². The molecule has 1 aromatic heterocycles. The Labute approximate surface area is 106 Å². The number of amides is 1. The van der Waals surface area contributed by atoms with Crippen molar-refractivity contribution in [2.45, 2.75) is 31.7 Å². The van der Waals surface area contributed by atoms with Crippen LogP contribution >= 0.6 is 0 Å². The molecular weight excluding hydrogens is 230 g/mol. The van der Waals surface area contributed by atoms with Crippen LogP contribution < -0.4 is 16.4 Å². The number of piperidine rings is 1. The molecule has 0 bridgehead atoms. The number of anilines is 1. The molecule has 4 N–H and O–H groups in total. The van der Waals surface area contributed by atoms with E-state index in [4.69, 9.17) is 11.5 Å². The van der Waals surface area contributed by atoms with Crippen LogP contribution in [0.25, 0.3) is 0 Å². The first-order valence-electron chi connectivity index (χ1n) is 6.32. The third kappa shape index (κ3) is 2.76. The van der Waals surface area contributed by atoms with Gasteiger partial charge in [0, 0.05) is 12.6 Å². The molecule has 1 aliphatic heterocycles. The Morgan fingerprint density at radius 1 is 1.39 bits per heavy atom. The van der Waals surface area contributed by atoms with Crippen molar-refractivity contribution in [3.63, 3.8) is 0 Å². The first kappa shape index (κ1) is 12.8. The molecule has 6 heteroatoms. The summed E-state index contributed by atoms with van der Waals surface area (Å²) in [7, 11) is 0. The summed E-state index contributed by atoms with van der Waals surface area (Å²) in [6.45, 7) is 1.64. The maximum absolute atomic E-state index is 10.9. The Balaban J connectivity index is 2.15. The van der Waals surface area contributed by atoms with E-state index in [1.54, 1.807) is 6.07 Å². The highest BCUT2D eigenvalue weighted by molar-refractivity contribution is 5.90. The molecule has 1 saturated heterocycles. The molecule has 0 aromatic carbocycles. The lowest BCUT2D eigenvalue weighted by Crippen LogP contribution is -2.41. The molecule has 0 spiro atoms. The minimum atomic E-state index is -0.550. The number of carbonyl (C=O) groups is 1. The number of hydrogen-bond acceptors (Lipinski definition) is 5. The fourth-order valence-electron chi connectivity index (χ4n) is 2.40. The van der Waals surface area contributed by atoms with Crippen LogP contribution in [0.15, 0.2) is 12.1 Å². The first-order valence-corrected chi connectivity index (χ1v) is 6.32. The fourth-order valence-corrected chi connectivity index (χ4v) is 2.40. The van der Waals surface area contributed by atoms with E-state index in [1.165, 1.54) is 6.42 Å². The number of carbonyl (C=O) groups excluding carboxylic acids is 1. The van der Waals surface area contributed by atoms with Gasteiger partial charge < -0.3 is 16.4 Å². The Bertz CT molecular complexity index is 403. The van der Waals surface area contributed by atoms with Crippen molar-refractivity contribution in [3.05, 3.63) is 17.8 Å². The van der Waals surface area contributed by atoms with Crippen LogP contribution in [0.4, 0.5) is 5.82 Å². The van der Waals surface area contributed by atoms with Gasteiger partial charge >= 0.3 is 0 Å². The molecule has 1 amide bonds. The third-order valence-electron chi connectivity index (χ3n) is 3.32. The molecule has 6 nitrogen and oxygen atoms in total. The molecule has 2 heterocycles. The molecule has 1 atom stereocenters. The van der Waals surface area contributed by atoms with E-state index in [2.05, 4.69) is 15.1 Å². The van der Waals surface area contributed by atoms with Gasteiger partial charge in [-0.3, -0.25) is 4.79 Å². The van der Waals surface area contributed by atoms with E-state index in [1.807, 2.05) is 6.07 Å². The number of nitrogens with two attached hydrogens (primary N) is 2. The van der Waals surface area contributed by atoms with Crippen molar-refractivity contribution in [1.29, 1.82) is 0 Å². The second-order valence-corrected chi connectivity index (χ2v) is 4.56. The van der Waals surface area contributed by atoms with Crippen molar-refractivity contribution in [1.82, 2.24) is 10.2 Å². The molecule has 1 fully saturated rings. The van der Waals surface area contributed by atoms with Crippen LogP contribution in [-0.2, 0) is 0 Å². The molecule has 18 heavy (non-hydrogen) atoms. The maximum atomic E-state index is 10.9. The van der Waals surface area contributed by atoms with Gasteiger partial charge in [0.25, 0.3) is 5.91 Å². The van der Waals surface area contributed by atoms with Gasteiger partial charge in [0.15, 0.2) is 11.5 Å². The topological polar surface area (TPSA) is 98.1 Å². The fraction of sp³-hybridized carbons (Fsp3) is 0.583. The smallest absolute Gasteiger partial charge is 0.269 e. The van der Waals surface area contributed by atoms with E-state index in [0.29, 0.717) is 12.6 Å². The zero-order chi connectivity index (χ0) is 13.0. The summed E-state index contributed by atoms with van der Waals surface area (Å²) < 4.78 is 0. The normalized spacial score (nSPS) is 19.8. The van der Waals surface area contributed by atoms with Gasteiger partial charge in [-0.25, -0.2) is 0 Å². The van der Waals surface area contributed by atoms with Gasteiger partial charge in [-0.05, 0) is 44.4 Å². The average molecular weight is 249 g/mol. The van der Waals surface area contributed by atoms with E-state index in [-0.39, 0.29) is 5.69 Å². The minimum Gasteiger partial charge on any atom is -0.364 e. The number of primary amides is 1. The predicted molar refractivity (Wildman–Crippen MR) is 69.2 cm³/mol. The maximum Gasteiger partial charge on any atom is 0.269 e. The Hall–Kier alpha value is -1.69. The highest BCUT2D eigenvalue weighted by Gasteiger charge is 2.23. The lowest BCUT2D eigenvalue weighted by molar-refractivity contribution is 0.0994. The summed E-state index contributed by atoms with van der Waals surface area (Å²) in [4.78, 5) is 13.2. The van der Waals surface area contributed by atoms with Crippen LogP contribution in [0.3, 0.4) is 0 Å². The second kappa shape index (κ2) is 5.77. The monoisotopic (exact) mass is 249 g/mol. The summed E-state index contributed by atoms with van der Waals surface area (Å²) >= 11 is 0. The molecule has 1 aliphatic rings. The van der Waals surface area contributed by atoms with Gasteiger partial charge in [0.1, 0.15) is 0 Å². The third-order valence-corrected chi connectivity index (χ3v) is 3.32. The number of rotatable bonds is 4. The SMILES string of the molecule is NCCC1CCCCN1c1ccc(C(N)=O)nn1. The minimum absolute atomic E-state index is 0.200. The van der Waals surface area contributed by atoms with Gasteiger partial charge in [-0.2, -0.15) is 0 Å². The van der Waals surface area contributed by atoms with Gasteiger partial charge in [0.2, 0.25) is 0 Å². The van der Waals surface area contributed by atoms with Gasteiger partial charge in [-0.15, -0.1) is 10.2 Å². The van der Waals surface area contributed by atoms with Crippen molar-refractivity contribution in [2.75, 3.05) is 18.0 Å². The Kier molecular flexibility index (Phi) is 4.09. The van der Waals surface area contributed by atoms with Crippen LogP contribution in [-0.4, -0.2) is 35.2 Å². The summed E-state index contributed by atoms with van der Waals surface area (Å²) in [5, 5.41) is 7.94. The zero-order valence-corrected chi connectivity index (χ0v) is 10.4.